The van der Waals surface area contributed by atoms with Gasteiger partial charge in [-0.1, -0.05) is 11.6 Å². The third-order valence-corrected chi connectivity index (χ3v) is 4.84. The summed E-state index contributed by atoms with van der Waals surface area (Å²) in [5.41, 5.74) is 5.12. The molecule has 0 N–H and O–H groups in total. The first-order valence-electron chi connectivity index (χ1n) is 9.63. The molecule has 8 heteroatoms. The summed E-state index contributed by atoms with van der Waals surface area (Å²) in [7, 11) is 0. The van der Waals surface area contributed by atoms with Crippen LogP contribution in [0.2, 0.25) is 0 Å². The highest BCUT2D eigenvalue weighted by Gasteiger charge is 2.24. The monoisotopic (exact) mass is 392 g/mol. The van der Waals surface area contributed by atoms with Gasteiger partial charge < -0.3 is 4.90 Å². The average Bonchev–Trinajstić information content (AvgIpc) is 3.10. The van der Waals surface area contributed by atoms with Crippen LogP contribution in [0, 0.1) is 20.8 Å². The van der Waals surface area contributed by atoms with E-state index < -0.39 is 0 Å². The van der Waals surface area contributed by atoms with Crippen LogP contribution in [0.1, 0.15) is 27.3 Å². The van der Waals surface area contributed by atoms with Gasteiger partial charge in [0.25, 0.3) is 5.91 Å². The van der Waals surface area contributed by atoms with Gasteiger partial charge in [0.2, 0.25) is 0 Å². The number of carbonyl (C=O) groups is 1. The fourth-order valence-electron chi connectivity index (χ4n) is 3.52. The Morgan fingerprint density at radius 3 is 2.41 bits per heavy atom. The van der Waals surface area contributed by atoms with Gasteiger partial charge in [0, 0.05) is 24.5 Å². The van der Waals surface area contributed by atoms with Crippen molar-refractivity contribution in [2.24, 2.45) is 0 Å². The molecule has 8 nitrogen and oxygen atoms in total. The standard InChI is InChI=1S/C21H24N6O2/c1-15-4-5-20(27-22-6-7-23-27)19(12-15)21(28)25-8-9-26(29-11-10-25)18-13-16(2)24-17(3)14-18/h4-7,12-14H,8-11H2,1-3H3. The predicted octanol–water partition coefficient (Wildman–Crippen LogP) is 2.48. The highest BCUT2D eigenvalue weighted by Crippen LogP contribution is 2.21. The van der Waals surface area contributed by atoms with Crippen LogP contribution in [0.5, 0.6) is 0 Å². The third-order valence-electron chi connectivity index (χ3n) is 4.84. The van der Waals surface area contributed by atoms with Crippen LogP contribution in [0.15, 0.2) is 42.7 Å². The molecule has 0 bridgehead atoms. The van der Waals surface area contributed by atoms with Crippen molar-refractivity contribution in [1.29, 1.82) is 0 Å². The lowest BCUT2D eigenvalue weighted by atomic mass is 10.1. The zero-order valence-electron chi connectivity index (χ0n) is 16.9. The van der Waals surface area contributed by atoms with Gasteiger partial charge in [0.15, 0.2) is 0 Å². The van der Waals surface area contributed by atoms with Crippen LogP contribution >= 0.6 is 0 Å². The topological polar surface area (TPSA) is 76.4 Å². The second-order valence-corrected chi connectivity index (χ2v) is 7.17. The van der Waals surface area contributed by atoms with E-state index in [4.69, 9.17) is 4.84 Å². The molecule has 150 valence electrons. The van der Waals surface area contributed by atoms with E-state index in [1.807, 2.05) is 61.1 Å². The minimum absolute atomic E-state index is 0.0476. The number of pyridine rings is 1. The van der Waals surface area contributed by atoms with Crippen molar-refractivity contribution in [2.45, 2.75) is 20.8 Å². The maximum atomic E-state index is 13.3. The number of carbonyl (C=O) groups excluding carboxylic acids is 1. The van der Waals surface area contributed by atoms with Crippen molar-refractivity contribution in [2.75, 3.05) is 31.3 Å². The molecule has 4 rings (SSSR count). The molecule has 1 aliphatic heterocycles. The molecule has 0 radical (unpaired) electrons. The lowest BCUT2D eigenvalue weighted by Gasteiger charge is -2.23. The number of rotatable bonds is 3. The zero-order chi connectivity index (χ0) is 20.4. The Morgan fingerprint density at radius 1 is 0.966 bits per heavy atom. The maximum absolute atomic E-state index is 13.3. The van der Waals surface area contributed by atoms with Gasteiger partial charge in [0.05, 0.1) is 42.5 Å². The van der Waals surface area contributed by atoms with Crippen molar-refractivity contribution >= 4 is 11.6 Å². The van der Waals surface area contributed by atoms with Crippen molar-refractivity contribution in [3.05, 3.63) is 65.2 Å². The van der Waals surface area contributed by atoms with Crippen LogP contribution < -0.4 is 5.06 Å². The van der Waals surface area contributed by atoms with Gasteiger partial charge in [-0.05, 0) is 45.0 Å². The summed E-state index contributed by atoms with van der Waals surface area (Å²) in [6, 6.07) is 9.71. The molecular formula is C21H24N6O2. The highest BCUT2D eigenvalue weighted by atomic mass is 16.7. The fraction of sp³-hybridized carbons (Fsp3) is 0.333. The molecule has 1 aliphatic rings. The Morgan fingerprint density at radius 2 is 1.69 bits per heavy atom. The summed E-state index contributed by atoms with van der Waals surface area (Å²) < 4.78 is 0. The molecule has 0 atom stereocenters. The molecule has 1 amide bonds. The fourth-order valence-corrected chi connectivity index (χ4v) is 3.52. The zero-order valence-corrected chi connectivity index (χ0v) is 16.9. The van der Waals surface area contributed by atoms with E-state index in [-0.39, 0.29) is 5.91 Å². The smallest absolute Gasteiger partial charge is 0.256 e. The minimum Gasteiger partial charge on any atom is -0.334 e. The number of hydroxylamine groups is 1. The Labute approximate surface area is 169 Å². The van der Waals surface area contributed by atoms with E-state index in [0.29, 0.717) is 37.5 Å². The van der Waals surface area contributed by atoms with Crippen LogP contribution in [-0.4, -0.2) is 57.0 Å². The molecule has 1 fully saturated rings. The average molecular weight is 392 g/mol. The summed E-state index contributed by atoms with van der Waals surface area (Å²) >= 11 is 0. The SMILES string of the molecule is Cc1ccc(-n2nccn2)c(C(=O)N2CCON(c3cc(C)nc(C)c3)CC2)c1. The Kier molecular flexibility index (Phi) is 5.26. The summed E-state index contributed by atoms with van der Waals surface area (Å²) in [4.78, 5) is 27.0. The molecule has 1 aromatic carbocycles. The first-order valence-corrected chi connectivity index (χ1v) is 9.63. The van der Waals surface area contributed by atoms with E-state index >= 15 is 0 Å². The molecule has 3 heterocycles. The Bertz CT molecular complexity index is 998. The van der Waals surface area contributed by atoms with E-state index in [1.165, 1.54) is 4.80 Å². The molecule has 0 unspecified atom stereocenters. The van der Waals surface area contributed by atoms with Gasteiger partial charge >= 0.3 is 0 Å². The second-order valence-electron chi connectivity index (χ2n) is 7.17. The van der Waals surface area contributed by atoms with Crippen LogP contribution in [0.4, 0.5) is 5.69 Å². The molecule has 2 aromatic heterocycles. The minimum atomic E-state index is -0.0476. The van der Waals surface area contributed by atoms with Crippen LogP contribution in [0.3, 0.4) is 0 Å². The van der Waals surface area contributed by atoms with Crippen molar-refractivity contribution in [3.63, 3.8) is 0 Å². The van der Waals surface area contributed by atoms with Crippen molar-refractivity contribution in [3.8, 4) is 5.69 Å². The number of benzene rings is 1. The highest BCUT2D eigenvalue weighted by molar-refractivity contribution is 5.98. The molecule has 29 heavy (non-hydrogen) atoms. The Balaban J connectivity index is 1.56. The number of nitrogens with zero attached hydrogens (tertiary/aromatic N) is 6. The lowest BCUT2D eigenvalue weighted by molar-refractivity contribution is 0.0730. The molecule has 0 saturated carbocycles. The number of hydrogen-bond donors (Lipinski definition) is 0. The quantitative estimate of drug-likeness (QED) is 0.682. The molecule has 0 spiro atoms. The summed E-state index contributed by atoms with van der Waals surface area (Å²) in [6.45, 7) is 7.97. The normalized spacial score (nSPS) is 14.7. The number of hydrogen-bond acceptors (Lipinski definition) is 6. The largest absolute Gasteiger partial charge is 0.334 e. The third kappa shape index (κ3) is 4.12. The summed E-state index contributed by atoms with van der Waals surface area (Å²) in [5.74, 6) is -0.0476. The van der Waals surface area contributed by atoms with Crippen molar-refractivity contribution in [1.82, 2.24) is 24.9 Å². The van der Waals surface area contributed by atoms with E-state index in [9.17, 15) is 4.79 Å². The van der Waals surface area contributed by atoms with Gasteiger partial charge in [-0.3, -0.25) is 19.7 Å². The first kappa shape index (κ1) is 19.1. The first-order chi connectivity index (χ1) is 14.0. The second kappa shape index (κ2) is 8.00. The van der Waals surface area contributed by atoms with Gasteiger partial charge in [-0.2, -0.15) is 15.0 Å². The molecule has 1 saturated heterocycles. The Hall–Kier alpha value is -3.26. The number of amides is 1. The van der Waals surface area contributed by atoms with E-state index in [1.54, 1.807) is 12.4 Å². The number of aromatic nitrogens is 4. The summed E-state index contributed by atoms with van der Waals surface area (Å²) in [6.07, 6.45) is 3.20. The van der Waals surface area contributed by atoms with Crippen LogP contribution in [-0.2, 0) is 4.84 Å². The molecular weight excluding hydrogens is 368 g/mol. The van der Waals surface area contributed by atoms with Gasteiger partial charge in [-0.15, -0.1) is 0 Å². The van der Waals surface area contributed by atoms with Crippen LogP contribution in [0.25, 0.3) is 5.69 Å². The van der Waals surface area contributed by atoms with Gasteiger partial charge in [-0.25, -0.2) is 0 Å². The van der Waals surface area contributed by atoms with E-state index in [2.05, 4.69) is 15.2 Å². The predicted molar refractivity (Wildman–Crippen MR) is 109 cm³/mol. The van der Waals surface area contributed by atoms with E-state index in [0.717, 1.165) is 22.6 Å². The number of aryl methyl sites for hydroxylation is 3. The van der Waals surface area contributed by atoms with Crippen molar-refractivity contribution < 1.29 is 9.63 Å². The molecule has 0 aliphatic carbocycles. The number of anilines is 1. The maximum Gasteiger partial charge on any atom is 0.256 e. The molecule has 3 aromatic rings. The lowest BCUT2D eigenvalue weighted by Crippen LogP contribution is -2.36. The summed E-state index contributed by atoms with van der Waals surface area (Å²) in [5, 5.41) is 10.2. The van der Waals surface area contributed by atoms with Gasteiger partial charge in [0.1, 0.15) is 0 Å².